The third-order valence-electron chi connectivity index (χ3n) is 5.47. The number of nitrogens with one attached hydrogen (secondary N) is 2. The summed E-state index contributed by atoms with van der Waals surface area (Å²) in [6, 6.07) is 13.9. The van der Waals surface area contributed by atoms with E-state index in [-0.39, 0.29) is 5.91 Å². The van der Waals surface area contributed by atoms with Crippen LogP contribution in [-0.2, 0) is 0 Å². The number of ether oxygens (including phenoxy) is 1. The molecule has 1 aliphatic rings. The molecule has 0 radical (unpaired) electrons. The molecule has 1 aromatic heterocycles. The van der Waals surface area contributed by atoms with Gasteiger partial charge < -0.3 is 15.0 Å². The Morgan fingerprint density at radius 1 is 1.20 bits per heavy atom. The van der Waals surface area contributed by atoms with Gasteiger partial charge in [0.25, 0.3) is 5.91 Å². The second-order valence-corrected chi connectivity index (χ2v) is 8.29. The molecular formula is C22H26BrN5O2. The summed E-state index contributed by atoms with van der Waals surface area (Å²) in [5.74, 6) is 0.784. The van der Waals surface area contributed by atoms with Gasteiger partial charge in [-0.25, -0.2) is 0 Å². The minimum Gasteiger partial charge on any atom is -0.495 e. The van der Waals surface area contributed by atoms with Crippen molar-refractivity contribution in [2.24, 2.45) is 0 Å². The molecule has 2 aromatic carbocycles. The minimum atomic E-state index is -0.139. The molecule has 8 heteroatoms. The zero-order valence-corrected chi connectivity index (χ0v) is 18.6. The molecule has 7 nitrogen and oxygen atoms in total. The number of carbonyl (C=O) groups excluding carboxylic acids is 1. The van der Waals surface area contributed by atoms with Gasteiger partial charge in [0.1, 0.15) is 5.75 Å². The van der Waals surface area contributed by atoms with Gasteiger partial charge in [0.15, 0.2) is 5.69 Å². The number of H-pyrrole nitrogens is 1. The number of rotatable bonds is 7. The molecule has 30 heavy (non-hydrogen) atoms. The van der Waals surface area contributed by atoms with Gasteiger partial charge in [-0.05, 0) is 43.3 Å². The highest BCUT2D eigenvalue weighted by atomic mass is 79.9. The Bertz CT molecular complexity index is 1010. The van der Waals surface area contributed by atoms with E-state index in [1.807, 2.05) is 36.4 Å². The highest BCUT2D eigenvalue weighted by Gasteiger charge is 2.19. The van der Waals surface area contributed by atoms with Crippen molar-refractivity contribution in [1.29, 1.82) is 0 Å². The summed E-state index contributed by atoms with van der Waals surface area (Å²) in [5.41, 5.74) is 2.46. The molecule has 4 rings (SSSR count). The highest BCUT2D eigenvalue weighted by molar-refractivity contribution is 9.10. The van der Waals surface area contributed by atoms with Crippen molar-refractivity contribution < 1.29 is 9.53 Å². The first kappa shape index (κ1) is 20.7. The Balaban J connectivity index is 1.22. The van der Waals surface area contributed by atoms with E-state index < -0.39 is 0 Å². The van der Waals surface area contributed by atoms with Crippen molar-refractivity contribution in [3.05, 3.63) is 52.6 Å². The lowest BCUT2D eigenvalue weighted by molar-refractivity contribution is 0.0948. The molecule has 158 valence electrons. The van der Waals surface area contributed by atoms with E-state index in [2.05, 4.69) is 47.3 Å². The maximum Gasteiger partial charge on any atom is 0.272 e. The number of methoxy groups -OCH3 is 1. The van der Waals surface area contributed by atoms with Gasteiger partial charge in [0.2, 0.25) is 0 Å². The number of fused-ring (bicyclic) bond motifs is 1. The molecule has 1 fully saturated rings. The summed E-state index contributed by atoms with van der Waals surface area (Å²) >= 11 is 3.45. The summed E-state index contributed by atoms with van der Waals surface area (Å²) in [5, 5.41) is 10.9. The molecule has 0 bridgehead atoms. The average Bonchev–Trinajstić information content (AvgIpc) is 3.20. The van der Waals surface area contributed by atoms with Crippen LogP contribution in [0, 0.1) is 0 Å². The Kier molecular flexibility index (Phi) is 6.54. The lowest BCUT2D eigenvalue weighted by atomic mass is 10.2. The molecule has 0 saturated carbocycles. The van der Waals surface area contributed by atoms with Gasteiger partial charge in [-0.15, -0.1) is 0 Å². The molecule has 0 spiro atoms. The Morgan fingerprint density at radius 2 is 2.00 bits per heavy atom. The number of para-hydroxylation sites is 2. The topological polar surface area (TPSA) is 73.5 Å². The average molecular weight is 472 g/mol. The monoisotopic (exact) mass is 471 g/mol. The third kappa shape index (κ3) is 4.60. The largest absolute Gasteiger partial charge is 0.495 e. The molecule has 2 N–H and O–H groups in total. The standard InChI is InChI=1S/C22H26BrN5O2/c1-30-20-6-3-2-5-19(20)28-13-11-27(12-14-28)10-4-9-24-22(29)21-17-15-16(23)7-8-18(17)25-26-21/h2-3,5-8,15H,4,9-14H2,1H3,(H,24,29)(H,25,26). The number of nitrogens with zero attached hydrogens (tertiary/aromatic N) is 3. The molecule has 0 unspecified atom stereocenters. The highest BCUT2D eigenvalue weighted by Crippen LogP contribution is 2.28. The molecular weight excluding hydrogens is 446 g/mol. The number of carbonyl (C=O) groups is 1. The summed E-state index contributed by atoms with van der Waals surface area (Å²) in [6.45, 7) is 5.55. The lowest BCUT2D eigenvalue weighted by Crippen LogP contribution is -2.47. The fourth-order valence-electron chi connectivity index (χ4n) is 3.85. The fourth-order valence-corrected chi connectivity index (χ4v) is 4.21. The fraction of sp³-hybridized carbons (Fsp3) is 0.364. The maximum atomic E-state index is 12.5. The van der Waals surface area contributed by atoms with E-state index in [1.165, 1.54) is 0 Å². The first-order valence-electron chi connectivity index (χ1n) is 10.2. The van der Waals surface area contributed by atoms with Gasteiger partial charge in [-0.2, -0.15) is 5.10 Å². The zero-order valence-electron chi connectivity index (χ0n) is 17.0. The van der Waals surface area contributed by atoms with Crippen molar-refractivity contribution in [3.8, 4) is 5.75 Å². The summed E-state index contributed by atoms with van der Waals surface area (Å²) in [7, 11) is 1.72. The van der Waals surface area contributed by atoms with Crippen molar-refractivity contribution in [1.82, 2.24) is 20.4 Å². The van der Waals surface area contributed by atoms with Crippen LogP contribution in [0.25, 0.3) is 10.9 Å². The smallest absolute Gasteiger partial charge is 0.272 e. The first-order chi connectivity index (χ1) is 14.7. The van der Waals surface area contributed by atoms with E-state index in [1.54, 1.807) is 7.11 Å². The van der Waals surface area contributed by atoms with Gasteiger partial charge in [0.05, 0.1) is 18.3 Å². The number of anilines is 1. The summed E-state index contributed by atoms with van der Waals surface area (Å²) < 4.78 is 6.41. The second kappa shape index (κ2) is 9.49. The zero-order chi connectivity index (χ0) is 20.9. The summed E-state index contributed by atoms with van der Waals surface area (Å²) in [4.78, 5) is 17.3. The van der Waals surface area contributed by atoms with Crippen LogP contribution in [0.1, 0.15) is 16.9 Å². The quantitative estimate of drug-likeness (QED) is 0.517. The summed E-state index contributed by atoms with van der Waals surface area (Å²) in [6.07, 6.45) is 0.909. The molecule has 1 amide bonds. The SMILES string of the molecule is COc1ccccc1N1CCN(CCCNC(=O)c2n[nH]c3ccc(Br)cc23)CC1. The normalized spacial score (nSPS) is 14.8. The minimum absolute atomic E-state index is 0.139. The number of aromatic amines is 1. The van der Waals surface area contributed by atoms with Crippen LogP contribution in [0.4, 0.5) is 5.69 Å². The number of halogens is 1. The Hall–Kier alpha value is -2.58. The van der Waals surface area contributed by atoms with Crippen LogP contribution in [0.15, 0.2) is 46.9 Å². The molecule has 2 heterocycles. The van der Waals surface area contributed by atoms with E-state index in [0.29, 0.717) is 12.2 Å². The third-order valence-corrected chi connectivity index (χ3v) is 5.97. The van der Waals surface area contributed by atoms with Crippen LogP contribution < -0.4 is 15.0 Å². The van der Waals surface area contributed by atoms with Crippen LogP contribution in [0.3, 0.4) is 0 Å². The number of piperazine rings is 1. The number of aromatic nitrogens is 2. The van der Waals surface area contributed by atoms with Crippen molar-refractivity contribution >= 4 is 38.4 Å². The second-order valence-electron chi connectivity index (χ2n) is 7.37. The molecule has 3 aromatic rings. The Labute approximate surface area is 184 Å². The molecule has 1 aliphatic heterocycles. The molecule has 0 aliphatic carbocycles. The molecule has 0 atom stereocenters. The van der Waals surface area contributed by atoms with E-state index in [9.17, 15) is 4.79 Å². The van der Waals surface area contributed by atoms with E-state index >= 15 is 0 Å². The van der Waals surface area contributed by atoms with E-state index in [0.717, 1.165) is 66.0 Å². The Morgan fingerprint density at radius 3 is 2.80 bits per heavy atom. The first-order valence-corrected chi connectivity index (χ1v) is 11.0. The number of hydrogen-bond acceptors (Lipinski definition) is 5. The van der Waals surface area contributed by atoms with Gasteiger partial charge in [-0.1, -0.05) is 28.1 Å². The predicted octanol–water partition coefficient (Wildman–Crippen LogP) is 3.28. The lowest BCUT2D eigenvalue weighted by Gasteiger charge is -2.36. The van der Waals surface area contributed by atoms with Crippen LogP contribution in [0.2, 0.25) is 0 Å². The number of hydrogen-bond donors (Lipinski definition) is 2. The predicted molar refractivity (Wildman–Crippen MR) is 122 cm³/mol. The van der Waals surface area contributed by atoms with E-state index in [4.69, 9.17) is 4.74 Å². The van der Waals surface area contributed by atoms with Gasteiger partial charge in [0, 0.05) is 42.6 Å². The van der Waals surface area contributed by atoms with Gasteiger partial charge in [-0.3, -0.25) is 14.8 Å². The van der Waals surface area contributed by atoms with Gasteiger partial charge >= 0.3 is 0 Å². The maximum absolute atomic E-state index is 12.5. The van der Waals surface area contributed by atoms with Crippen LogP contribution in [-0.4, -0.2) is 67.4 Å². The van der Waals surface area contributed by atoms with Crippen LogP contribution in [0.5, 0.6) is 5.75 Å². The van der Waals surface area contributed by atoms with Crippen molar-refractivity contribution in [3.63, 3.8) is 0 Å². The number of benzene rings is 2. The van der Waals surface area contributed by atoms with Crippen LogP contribution >= 0.6 is 15.9 Å². The molecule has 1 saturated heterocycles. The number of amides is 1. The van der Waals surface area contributed by atoms with Crippen molar-refractivity contribution in [2.45, 2.75) is 6.42 Å². The van der Waals surface area contributed by atoms with Crippen molar-refractivity contribution in [2.75, 3.05) is 51.3 Å².